The maximum absolute atomic E-state index is 11.0. The van der Waals surface area contributed by atoms with Crippen LogP contribution in [0.4, 0.5) is 0 Å². The van der Waals surface area contributed by atoms with Crippen molar-refractivity contribution in [1.82, 2.24) is 0 Å². The summed E-state index contributed by atoms with van der Waals surface area (Å²) in [6, 6.07) is 6.44. The molecule has 0 aliphatic carbocycles. The first-order chi connectivity index (χ1) is 8.63. The lowest BCUT2D eigenvalue weighted by Crippen LogP contribution is -2.10. The molecule has 0 aromatic heterocycles. The number of hydrogen-bond acceptors (Lipinski definition) is 5. The molecule has 0 saturated heterocycles. The summed E-state index contributed by atoms with van der Waals surface area (Å²) in [5.41, 5.74) is 0. The number of aromatic hydroxyl groups is 1. The number of aliphatic hydroxyl groups excluding tert-OH is 1. The Morgan fingerprint density at radius 3 is 2.83 bits per heavy atom. The Kier molecular flexibility index (Phi) is 5.57. The van der Waals surface area contributed by atoms with Gasteiger partial charge >= 0.3 is 5.97 Å². The fourth-order valence-electron chi connectivity index (χ4n) is 1.18. The zero-order valence-corrected chi connectivity index (χ0v) is 10.1. The van der Waals surface area contributed by atoms with Gasteiger partial charge in [0.15, 0.2) is 5.76 Å². The Hall–Kier alpha value is -2.17. The van der Waals surface area contributed by atoms with Crippen LogP contribution in [-0.4, -0.2) is 29.4 Å². The van der Waals surface area contributed by atoms with Crippen LogP contribution in [0.2, 0.25) is 0 Å². The molecule has 0 fully saturated rings. The van der Waals surface area contributed by atoms with Crippen LogP contribution in [0.15, 0.2) is 36.1 Å². The lowest BCUT2D eigenvalue weighted by molar-refractivity contribution is -0.142. The van der Waals surface area contributed by atoms with Crippen LogP contribution in [0.3, 0.4) is 0 Å². The zero-order chi connectivity index (χ0) is 13.4. The third-order valence-electron chi connectivity index (χ3n) is 2.09. The van der Waals surface area contributed by atoms with Gasteiger partial charge in [-0.1, -0.05) is 6.07 Å². The smallest absolute Gasteiger partial charge is 0.373 e. The molecule has 2 N–H and O–H groups in total. The summed E-state index contributed by atoms with van der Waals surface area (Å²) < 4.78 is 10.1. The Bertz CT molecular complexity index is 425. The van der Waals surface area contributed by atoms with Crippen molar-refractivity contribution < 1.29 is 24.5 Å². The van der Waals surface area contributed by atoms with Crippen molar-refractivity contribution in [2.24, 2.45) is 0 Å². The molecule has 0 aliphatic rings. The van der Waals surface area contributed by atoms with Gasteiger partial charge in [0.1, 0.15) is 11.5 Å². The average Bonchev–Trinajstić information content (AvgIpc) is 2.37. The number of carbonyl (C=O) groups excluding carboxylic acids is 1. The third-order valence-corrected chi connectivity index (χ3v) is 2.09. The molecule has 0 heterocycles. The molecule has 5 nitrogen and oxygen atoms in total. The number of esters is 1. The first kappa shape index (κ1) is 13.9. The van der Waals surface area contributed by atoms with Gasteiger partial charge in [0.05, 0.1) is 13.2 Å². The number of rotatable bonds is 6. The van der Waals surface area contributed by atoms with Crippen molar-refractivity contribution in [1.29, 1.82) is 0 Å². The van der Waals surface area contributed by atoms with Crippen LogP contribution in [0.1, 0.15) is 13.3 Å². The van der Waals surface area contributed by atoms with E-state index in [9.17, 15) is 9.90 Å². The Morgan fingerprint density at radius 2 is 2.17 bits per heavy atom. The van der Waals surface area contributed by atoms with E-state index in [1.165, 1.54) is 12.1 Å². The summed E-state index contributed by atoms with van der Waals surface area (Å²) in [7, 11) is 0. The monoisotopic (exact) mass is 252 g/mol. The maximum Gasteiger partial charge on any atom is 0.373 e. The number of hydrogen-bond donors (Lipinski definition) is 2. The minimum atomic E-state index is -0.741. The summed E-state index contributed by atoms with van der Waals surface area (Å²) in [6.45, 7) is 2.06. The van der Waals surface area contributed by atoms with Gasteiger partial charge < -0.3 is 19.7 Å². The van der Waals surface area contributed by atoms with Gasteiger partial charge in [0.25, 0.3) is 0 Å². The van der Waals surface area contributed by atoms with E-state index in [-0.39, 0.29) is 12.4 Å². The maximum atomic E-state index is 11.0. The minimum Gasteiger partial charge on any atom is -0.508 e. The van der Waals surface area contributed by atoms with Crippen molar-refractivity contribution in [3.63, 3.8) is 0 Å². The number of carbonyl (C=O) groups is 1. The van der Waals surface area contributed by atoms with Crippen LogP contribution >= 0.6 is 0 Å². The number of ether oxygens (including phenoxy) is 2. The van der Waals surface area contributed by atoms with Gasteiger partial charge in [0.2, 0.25) is 0 Å². The van der Waals surface area contributed by atoms with Gasteiger partial charge in [0, 0.05) is 12.5 Å². The third kappa shape index (κ3) is 4.78. The van der Waals surface area contributed by atoms with Crippen LogP contribution in [0.5, 0.6) is 11.5 Å². The molecule has 0 bridgehead atoms. The van der Waals surface area contributed by atoms with Crippen LogP contribution in [0.25, 0.3) is 0 Å². The van der Waals surface area contributed by atoms with E-state index in [2.05, 4.69) is 0 Å². The van der Waals surface area contributed by atoms with Gasteiger partial charge in [-0.2, -0.15) is 0 Å². The number of aliphatic hydroxyl groups is 1. The molecule has 1 rings (SSSR count). The highest BCUT2D eigenvalue weighted by Gasteiger charge is 2.06. The summed E-state index contributed by atoms with van der Waals surface area (Å²) in [5.74, 6) is -0.451. The van der Waals surface area contributed by atoms with E-state index < -0.39 is 11.7 Å². The summed E-state index contributed by atoms with van der Waals surface area (Å²) >= 11 is 0. The molecule has 1 aromatic rings. The Labute approximate surface area is 105 Å². The van der Waals surface area contributed by atoms with Gasteiger partial charge in [-0.05, 0) is 25.1 Å². The van der Waals surface area contributed by atoms with E-state index in [4.69, 9.17) is 14.6 Å². The van der Waals surface area contributed by atoms with E-state index in [1.807, 2.05) is 0 Å². The fourth-order valence-corrected chi connectivity index (χ4v) is 1.18. The van der Waals surface area contributed by atoms with Crippen LogP contribution in [-0.2, 0) is 9.53 Å². The van der Waals surface area contributed by atoms with E-state index >= 15 is 0 Å². The zero-order valence-electron chi connectivity index (χ0n) is 10.1. The fraction of sp³-hybridized carbons (Fsp3) is 0.308. The second kappa shape index (κ2) is 7.21. The second-order valence-corrected chi connectivity index (χ2v) is 3.51. The molecule has 0 atom stereocenters. The number of allylic oxidation sites excluding steroid dienone is 1. The van der Waals surface area contributed by atoms with Gasteiger partial charge in [-0.3, -0.25) is 0 Å². The summed E-state index contributed by atoms with van der Waals surface area (Å²) in [5, 5.41) is 18.2. The normalized spacial score (nSPS) is 11.1. The molecular formula is C13H16O5. The first-order valence-electron chi connectivity index (χ1n) is 5.57. The second-order valence-electron chi connectivity index (χ2n) is 3.51. The highest BCUT2D eigenvalue weighted by Crippen LogP contribution is 2.17. The van der Waals surface area contributed by atoms with E-state index in [0.29, 0.717) is 18.8 Å². The van der Waals surface area contributed by atoms with E-state index in [0.717, 1.165) is 0 Å². The van der Waals surface area contributed by atoms with Gasteiger partial charge in [-0.15, -0.1) is 0 Å². The topological polar surface area (TPSA) is 76.0 Å². The quantitative estimate of drug-likeness (QED) is 0.351. The van der Waals surface area contributed by atoms with Crippen LogP contribution < -0.4 is 4.74 Å². The molecule has 1 aromatic carbocycles. The number of phenols is 1. The molecule has 0 saturated carbocycles. The minimum absolute atomic E-state index is 0.136. The van der Waals surface area contributed by atoms with Crippen molar-refractivity contribution in [2.75, 3.05) is 13.2 Å². The molecule has 0 radical (unpaired) electrons. The Morgan fingerprint density at radius 1 is 1.39 bits per heavy atom. The molecule has 98 valence electrons. The SMILES string of the molecule is CC=C(O)C(=O)OCCCOc1cccc(O)c1. The molecule has 0 aliphatic heterocycles. The standard InChI is InChI=1S/C13H16O5/c1-2-12(15)13(16)18-8-4-7-17-11-6-3-5-10(14)9-11/h2-3,5-6,9,14-15H,4,7-8H2,1H3. The first-order valence-corrected chi connectivity index (χ1v) is 5.57. The molecular weight excluding hydrogens is 236 g/mol. The molecule has 0 spiro atoms. The van der Waals surface area contributed by atoms with Crippen LogP contribution in [0, 0.1) is 0 Å². The van der Waals surface area contributed by atoms with Crippen molar-refractivity contribution in [3.8, 4) is 11.5 Å². The largest absolute Gasteiger partial charge is 0.508 e. The van der Waals surface area contributed by atoms with Crippen molar-refractivity contribution >= 4 is 5.97 Å². The molecule has 18 heavy (non-hydrogen) atoms. The highest BCUT2D eigenvalue weighted by molar-refractivity contribution is 5.85. The lowest BCUT2D eigenvalue weighted by atomic mass is 10.3. The molecule has 0 amide bonds. The predicted octanol–water partition coefficient (Wildman–Crippen LogP) is 2.17. The average molecular weight is 252 g/mol. The molecule has 5 heteroatoms. The van der Waals surface area contributed by atoms with Gasteiger partial charge in [-0.25, -0.2) is 4.79 Å². The summed E-state index contributed by atoms with van der Waals surface area (Å²) in [4.78, 5) is 11.0. The highest BCUT2D eigenvalue weighted by atomic mass is 16.5. The van der Waals surface area contributed by atoms with Crippen molar-refractivity contribution in [2.45, 2.75) is 13.3 Å². The predicted molar refractivity (Wildman–Crippen MR) is 65.6 cm³/mol. The Balaban J connectivity index is 2.18. The number of benzene rings is 1. The van der Waals surface area contributed by atoms with Crippen molar-refractivity contribution in [3.05, 3.63) is 36.1 Å². The van der Waals surface area contributed by atoms with E-state index in [1.54, 1.807) is 25.1 Å². The molecule has 0 unspecified atom stereocenters. The number of phenolic OH excluding ortho intramolecular Hbond substituents is 1. The lowest BCUT2D eigenvalue weighted by Gasteiger charge is -2.07. The summed E-state index contributed by atoms with van der Waals surface area (Å²) in [6.07, 6.45) is 1.77.